The number of alkyl halides is 1. The average Bonchev–Trinajstić information content (AvgIpc) is 1.83. The zero-order valence-corrected chi connectivity index (χ0v) is 5.15. The molecule has 0 radical (unpaired) electrons. The largest absolute Gasteiger partial charge is 0.251 e. The minimum Gasteiger partial charge on any atom is -0.251 e. The highest BCUT2D eigenvalue weighted by molar-refractivity contribution is 5.14. The van der Waals surface area contributed by atoms with Gasteiger partial charge in [0.15, 0.2) is 0 Å². The summed E-state index contributed by atoms with van der Waals surface area (Å²) in [7, 11) is 0. The molecule has 0 aromatic rings. The molecule has 0 unspecified atom stereocenters. The lowest BCUT2D eigenvalue weighted by atomic mass is 10.2. The SMILES string of the molecule is C=CC(=CC)CCF. The minimum atomic E-state index is -0.286. The number of rotatable bonds is 3. The van der Waals surface area contributed by atoms with Crippen molar-refractivity contribution in [2.24, 2.45) is 0 Å². The second-order valence-electron chi connectivity index (χ2n) is 1.51. The monoisotopic (exact) mass is 114 g/mol. The summed E-state index contributed by atoms with van der Waals surface area (Å²) >= 11 is 0. The Kier molecular flexibility index (Phi) is 4.23. The zero-order chi connectivity index (χ0) is 6.41. The molecule has 0 atom stereocenters. The average molecular weight is 114 g/mol. The van der Waals surface area contributed by atoms with E-state index in [0.717, 1.165) is 5.57 Å². The molecule has 46 valence electrons. The molecule has 0 saturated carbocycles. The number of halogens is 1. The predicted molar refractivity (Wildman–Crippen MR) is 34.5 cm³/mol. The molecule has 8 heavy (non-hydrogen) atoms. The van der Waals surface area contributed by atoms with Crippen LogP contribution in [0.5, 0.6) is 0 Å². The van der Waals surface area contributed by atoms with Gasteiger partial charge in [-0.25, -0.2) is 0 Å². The molecule has 0 aliphatic carbocycles. The third kappa shape index (κ3) is 2.56. The molecule has 0 aliphatic rings. The van der Waals surface area contributed by atoms with Crippen molar-refractivity contribution in [2.45, 2.75) is 13.3 Å². The normalized spacial score (nSPS) is 11.5. The smallest absolute Gasteiger partial charge is 0.0934 e. The van der Waals surface area contributed by atoms with Gasteiger partial charge in [0.25, 0.3) is 0 Å². The van der Waals surface area contributed by atoms with Crippen LogP contribution in [0.1, 0.15) is 13.3 Å². The van der Waals surface area contributed by atoms with Gasteiger partial charge in [0.1, 0.15) is 0 Å². The van der Waals surface area contributed by atoms with Crippen LogP contribution in [0.4, 0.5) is 4.39 Å². The van der Waals surface area contributed by atoms with E-state index in [4.69, 9.17) is 0 Å². The molecule has 0 heterocycles. The highest BCUT2D eigenvalue weighted by Gasteiger charge is 1.85. The Hall–Kier alpha value is -0.590. The van der Waals surface area contributed by atoms with Crippen LogP contribution in [0.25, 0.3) is 0 Å². The summed E-state index contributed by atoms with van der Waals surface area (Å²) in [6, 6.07) is 0. The molecule has 0 saturated heterocycles. The molecule has 1 heteroatoms. The first-order chi connectivity index (χ1) is 3.85. The Labute approximate surface area is 49.7 Å². The van der Waals surface area contributed by atoms with Crippen molar-refractivity contribution in [3.63, 3.8) is 0 Å². The standard InChI is InChI=1S/C7H11F/c1-3-7(4-2)5-6-8/h3-4H,1,5-6H2,2H3. The summed E-state index contributed by atoms with van der Waals surface area (Å²) in [5.41, 5.74) is 0.979. The third-order valence-electron chi connectivity index (χ3n) is 1.02. The lowest BCUT2D eigenvalue weighted by Crippen LogP contribution is -1.77. The molecular weight excluding hydrogens is 103 g/mol. The molecule has 0 N–H and O–H groups in total. The lowest BCUT2D eigenvalue weighted by molar-refractivity contribution is 0.496. The van der Waals surface area contributed by atoms with E-state index < -0.39 is 0 Å². The number of hydrogen-bond acceptors (Lipinski definition) is 0. The Bertz CT molecular complexity index is 92.6. The van der Waals surface area contributed by atoms with E-state index in [9.17, 15) is 4.39 Å². The molecule has 0 amide bonds. The molecule has 0 bridgehead atoms. The van der Waals surface area contributed by atoms with Crippen molar-refractivity contribution in [1.29, 1.82) is 0 Å². The van der Waals surface area contributed by atoms with E-state index in [1.807, 2.05) is 13.0 Å². The van der Waals surface area contributed by atoms with E-state index >= 15 is 0 Å². The Morgan fingerprint density at radius 1 is 1.75 bits per heavy atom. The first kappa shape index (κ1) is 7.41. The summed E-state index contributed by atoms with van der Waals surface area (Å²) in [5, 5.41) is 0. The fourth-order valence-corrected chi connectivity index (χ4v) is 0.473. The van der Waals surface area contributed by atoms with Gasteiger partial charge in [0.2, 0.25) is 0 Å². The van der Waals surface area contributed by atoms with Crippen LogP contribution in [0, 0.1) is 0 Å². The predicted octanol–water partition coefficient (Wildman–Crippen LogP) is 2.48. The van der Waals surface area contributed by atoms with Gasteiger partial charge in [-0.15, -0.1) is 0 Å². The number of hydrogen-bond donors (Lipinski definition) is 0. The van der Waals surface area contributed by atoms with Crippen molar-refractivity contribution >= 4 is 0 Å². The minimum absolute atomic E-state index is 0.286. The van der Waals surface area contributed by atoms with Crippen molar-refractivity contribution < 1.29 is 4.39 Å². The maximum Gasteiger partial charge on any atom is 0.0934 e. The van der Waals surface area contributed by atoms with Gasteiger partial charge in [0.05, 0.1) is 6.67 Å². The van der Waals surface area contributed by atoms with E-state index in [1.54, 1.807) is 6.08 Å². The van der Waals surface area contributed by atoms with E-state index in [1.165, 1.54) is 0 Å². The van der Waals surface area contributed by atoms with Gasteiger partial charge >= 0.3 is 0 Å². The first-order valence-corrected chi connectivity index (χ1v) is 2.68. The summed E-state index contributed by atoms with van der Waals surface area (Å²) in [6.07, 6.45) is 4.05. The topological polar surface area (TPSA) is 0 Å². The van der Waals surface area contributed by atoms with Gasteiger partial charge in [-0.1, -0.05) is 24.3 Å². The molecule has 0 fully saturated rings. The molecule has 0 rings (SSSR count). The zero-order valence-electron chi connectivity index (χ0n) is 5.15. The van der Waals surface area contributed by atoms with Crippen molar-refractivity contribution in [1.82, 2.24) is 0 Å². The highest BCUT2D eigenvalue weighted by Crippen LogP contribution is 2.00. The summed E-state index contributed by atoms with van der Waals surface area (Å²) in [4.78, 5) is 0. The van der Waals surface area contributed by atoms with E-state index in [0.29, 0.717) is 6.42 Å². The van der Waals surface area contributed by atoms with Gasteiger partial charge in [0, 0.05) is 6.42 Å². The van der Waals surface area contributed by atoms with Crippen LogP contribution in [-0.4, -0.2) is 6.67 Å². The van der Waals surface area contributed by atoms with Crippen LogP contribution < -0.4 is 0 Å². The highest BCUT2D eigenvalue weighted by atomic mass is 19.1. The number of allylic oxidation sites excluding steroid dienone is 3. The summed E-state index contributed by atoms with van der Waals surface area (Å²) in [6.45, 7) is 5.11. The summed E-state index contributed by atoms with van der Waals surface area (Å²) in [5.74, 6) is 0. The van der Waals surface area contributed by atoms with E-state index in [2.05, 4.69) is 6.58 Å². The summed E-state index contributed by atoms with van der Waals surface area (Å²) < 4.78 is 11.5. The van der Waals surface area contributed by atoms with Crippen LogP contribution >= 0.6 is 0 Å². The van der Waals surface area contributed by atoms with E-state index in [-0.39, 0.29) is 6.67 Å². The van der Waals surface area contributed by atoms with Crippen LogP contribution in [0.2, 0.25) is 0 Å². The molecule has 0 spiro atoms. The Balaban J connectivity index is 3.54. The molecule has 0 aliphatic heterocycles. The maximum atomic E-state index is 11.5. The van der Waals surface area contributed by atoms with Gasteiger partial charge < -0.3 is 0 Å². The quantitative estimate of drug-likeness (QED) is 0.494. The van der Waals surface area contributed by atoms with Gasteiger partial charge in [-0.3, -0.25) is 4.39 Å². The Morgan fingerprint density at radius 2 is 2.38 bits per heavy atom. The van der Waals surface area contributed by atoms with Crippen molar-refractivity contribution in [3.8, 4) is 0 Å². The van der Waals surface area contributed by atoms with Gasteiger partial charge in [-0.05, 0) is 6.92 Å². The fraction of sp³-hybridized carbons (Fsp3) is 0.429. The third-order valence-corrected chi connectivity index (χ3v) is 1.02. The maximum absolute atomic E-state index is 11.5. The Morgan fingerprint density at radius 3 is 2.50 bits per heavy atom. The fourth-order valence-electron chi connectivity index (χ4n) is 0.473. The van der Waals surface area contributed by atoms with Crippen molar-refractivity contribution in [3.05, 3.63) is 24.3 Å². The van der Waals surface area contributed by atoms with Crippen LogP contribution in [0.15, 0.2) is 24.3 Å². The van der Waals surface area contributed by atoms with Gasteiger partial charge in [-0.2, -0.15) is 0 Å². The first-order valence-electron chi connectivity index (χ1n) is 2.68. The second-order valence-corrected chi connectivity index (χ2v) is 1.51. The van der Waals surface area contributed by atoms with Crippen LogP contribution in [0.3, 0.4) is 0 Å². The van der Waals surface area contributed by atoms with Crippen LogP contribution in [-0.2, 0) is 0 Å². The molecule has 0 aromatic heterocycles. The molecular formula is C7H11F. The second kappa shape index (κ2) is 4.57. The molecule has 0 nitrogen and oxygen atoms in total. The molecule has 0 aromatic carbocycles. The lowest BCUT2D eigenvalue weighted by Gasteiger charge is -1.91. The van der Waals surface area contributed by atoms with Crippen molar-refractivity contribution in [2.75, 3.05) is 6.67 Å².